The zero-order valence-corrected chi connectivity index (χ0v) is 13.6. The normalized spacial score (nSPS) is 31.0. The van der Waals surface area contributed by atoms with Gasteiger partial charge in [-0.3, -0.25) is 0 Å². The summed E-state index contributed by atoms with van der Waals surface area (Å²) in [7, 11) is 0. The Morgan fingerprint density at radius 3 is 2.56 bits per heavy atom. The van der Waals surface area contributed by atoms with Crippen molar-refractivity contribution < 1.29 is 0 Å². The second-order valence-corrected chi connectivity index (χ2v) is 8.38. The highest BCUT2D eigenvalue weighted by atomic mass is 32.2. The van der Waals surface area contributed by atoms with E-state index in [-0.39, 0.29) is 0 Å². The summed E-state index contributed by atoms with van der Waals surface area (Å²) in [5.41, 5.74) is 0. The average Bonchev–Trinajstić information content (AvgIpc) is 2.37. The Morgan fingerprint density at radius 1 is 1.17 bits per heavy atom. The van der Waals surface area contributed by atoms with E-state index in [0.717, 1.165) is 22.5 Å². The average molecular weight is 288 g/mol. The molecule has 0 spiro atoms. The summed E-state index contributed by atoms with van der Waals surface area (Å²) in [4.78, 5) is 0. The fourth-order valence-corrected chi connectivity index (χ4v) is 6.34. The molecular formula is C15H29NS2. The first-order chi connectivity index (χ1) is 8.85. The number of hydrogen-bond acceptors (Lipinski definition) is 3. The van der Waals surface area contributed by atoms with Crippen LogP contribution in [0.25, 0.3) is 0 Å². The van der Waals surface area contributed by atoms with Crippen LogP contribution in [0.1, 0.15) is 52.4 Å². The predicted molar refractivity (Wildman–Crippen MR) is 86.8 cm³/mol. The molecule has 0 aromatic rings. The molecule has 1 heterocycles. The van der Waals surface area contributed by atoms with E-state index in [2.05, 4.69) is 42.7 Å². The summed E-state index contributed by atoms with van der Waals surface area (Å²) in [6.45, 7) is 5.86. The number of rotatable bonds is 7. The molecule has 1 nitrogen and oxygen atoms in total. The minimum Gasteiger partial charge on any atom is -0.313 e. The third-order valence-corrected chi connectivity index (χ3v) is 7.77. The van der Waals surface area contributed by atoms with Gasteiger partial charge in [0, 0.05) is 28.0 Å². The molecule has 18 heavy (non-hydrogen) atoms. The molecule has 1 aliphatic heterocycles. The molecule has 3 heteroatoms. The van der Waals surface area contributed by atoms with E-state index in [4.69, 9.17) is 0 Å². The van der Waals surface area contributed by atoms with Gasteiger partial charge < -0.3 is 5.32 Å². The number of hydrogen-bond donors (Lipinski definition) is 1. The minimum atomic E-state index is 0.776. The summed E-state index contributed by atoms with van der Waals surface area (Å²) in [6.07, 6.45) is 8.51. The van der Waals surface area contributed by atoms with Gasteiger partial charge in [-0.2, -0.15) is 23.5 Å². The maximum atomic E-state index is 3.87. The van der Waals surface area contributed by atoms with E-state index >= 15 is 0 Å². The molecule has 0 bridgehead atoms. The Labute approximate surface area is 122 Å². The summed E-state index contributed by atoms with van der Waals surface area (Å²) < 4.78 is 0. The minimum absolute atomic E-state index is 0.776. The predicted octanol–water partition coefficient (Wildman–Crippen LogP) is 4.17. The number of nitrogens with one attached hydrogen (secondary N) is 1. The zero-order chi connectivity index (χ0) is 12.8. The Hall–Kier alpha value is 0.660. The van der Waals surface area contributed by atoms with Gasteiger partial charge in [0.25, 0.3) is 0 Å². The maximum absolute atomic E-state index is 3.87. The van der Waals surface area contributed by atoms with Gasteiger partial charge in [0.1, 0.15) is 0 Å². The van der Waals surface area contributed by atoms with E-state index < -0.39 is 0 Å². The molecule has 106 valence electrons. The lowest BCUT2D eigenvalue weighted by atomic mass is 9.80. The fourth-order valence-electron chi connectivity index (χ4n) is 3.06. The lowest BCUT2D eigenvalue weighted by Gasteiger charge is -2.39. The van der Waals surface area contributed by atoms with Gasteiger partial charge in [-0.25, -0.2) is 0 Å². The van der Waals surface area contributed by atoms with Gasteiger partial charge in [0.2, 0.25) is 0 Å². The SMILES string of the molecule is CCCNC(CC1CCC1)C1SCCSC1CC. The second-order valence-electron chi connectivity index (χ2n) is 5.75. The monoisotopic (exact) mass is 287 g/mol. The molecule has 0 radical (unpaired) electrons. The molecular weight excluding hydrogens is 258 g/mol. The van der Waals surface area contributed by atoms with Crippen LogP contribution in [0.3, 0.4) is 0 Å². The van der Waals surface area contributed by atoms with Crippen LogP contribution < -0.4 is 5.32 Å². The number of thioether (sulfide) groups is 2. The van der Waals surface area contributed by atoms with Gasteiger partial charge >= 0.3 is 0 Å². The van der Waals surface area contributed by atoms with Gasteiger partial charge in [-0.05, 0) is 31.7 Å². The quantitative estimate of drug-likeness (QED) is 0.754. The topological polar surface area (TPSA) is 12.0 Å². The van der Waals surface area contributed by atoms with Crippen LogP contribution in [0.2, 0.25) is 0 Å². The van der Waals surface area contributed by atoms with Crippen molar-refractivity contribution in [3.8, 4) is 0 Å². The first-order valence-electron chi connectivity index (χ1n) is 7.81. The highest BCUT2D eigenvalue weighted by Gasteiger charge is 2.34. The standard InChI is InChI=1S/C15H29NS2/c1-3-8-16-13(11-12-6-5-7-12)15-14(4-2)17-9-10-18-15/h12-16H,3-11H2,1-2H3. The molecule has 1 saturated carbocycles. The van der Waals surface area contributed by atoms with E-state index in [9.17, 15) is 0 Å². The van der Waals surface area contributed by atoms with Crippen LogP contribution in [-0.2, 0) is 0 Å². The van der Waals surface area contributed by atoms with Gasteiger partial charge in [0.05, 0.1) is 0 Å². The first-order valence-corrected chi connectivity index (χ1v) is 9.91. The summed E-state index contributed by atoms with van der Waals surface area (Å²) in [6, 6.07) is 0.776. The van der Waals surface area contributed by atoms with Crippen molar-refractivity contribution >= 4 is 23.5 Å². The fraction of sp³-hybridized carbons (Fsp3) is 1.00. The summed E-state index contributed by atoms with van der Waals surface area (Å²) in [5.74, 6) is 3.76. The van der Waals surface area contributed by atoms with Crippen LogP contribution >= 0.6 is 23.5 Å². The van der Waals surface area contributed by atoms with Crippen molar-refractivity contribution in [3.05, 3.63) is 0 Å². The van der Waals surface area contributed by atoms with Crippen LogP contribution in [0, 0.1) is 5.92 Å². The lowest BCUT2D eigenvalue weighted by Crippen LogP contribution is -2.46. The summed E-state index contributed by atoms with van der Waals surface area (Å²) in [5, 5.41) is 5.62. The maximum Gasteiger partial charge on any atom is 0.0320 e. The van der Waals surface area contributed by atoms with Crippen molar-refractivity contribution in [3.63, 3.8) is 0 Å². The van der Waals surface area contributed by atoms with Crippen molar-refractivity contribution in [1.29, 1.82) is 0 Å². The van der Waals surface area contributed by atoms with E-state index in [1.54, 1.807) is 0 Å². The molecule has 1 N–H and O–H groups in total. The molecule has 2 fully saturated rings. The van der Waals surface area contributed by atoms with E-state index in [0.29, 0.717) is 0 Å². The van der Waals surface area contributed by atoms with Crippen LogP contribution in [-0.4, -0.2) is 34.6 Å². The largest absolute Gasteiger partial charge is 0.313 e. The van der Waals surface area contributed by atoms with Crippen molar-refractivity contribution in [2.45, 2.75) is 68.9 Å². The van der Waals surface area contributed by atoms with Crippen molar-refractivity contribution in [2.24, 2.45) is 5.92 Å². The molecule has 2 rings (SSSR count). The molecule has 3 unspecified atom stereocenters. The third-order valence-electron chi connectivity index (χ3n) is 4.36. The van der Waals surface area contributed by atoms with Gasteiger partial charge in [-0.1, -0.05) is 33.1 Å². The Morgan fingerprint density at radius 2 is 1.94 bits per heavy atom. The van der Waals surface area contributed by atoms with Crippen molar-refractivity contribution in [1.82, 2.24) is 5.32 Å². The Bertz CT molecular complexity index is 231. The van der Waals surface area contributed by atoms with E-state index in [1.807, 2.05) is 0 Å². The lowest BCUT2D eigenvalue weighted by molar-refractivity contribution is 0.256. The van der Waals surface area contributed by atoms with Crippen LogP contribution in [0.5, 0.6) is 0 Å². The van der Waals surface area contributed by atoms with Gasteiger partial charge in [0.15, 0.2) is 0 Å². The Kier molecular flexibility index (Phi) is 6.74. The first kappa shape index (κ1) is 15.1. The van der Waals surface area contributed by atoms with Gasteiger partial charge in [-0.15, -0.1) is 0 Å². The zero-order valence-electron chi connectivity index (χ0n) is 12.0. The molecule has 3 atom stereocenters. The molecule has 1 saturated heterocycles. The molecule has 0 amide bonds. The third kappa shape index (κ3) is 4.08. The van der Waals surface area contributed by atoms with Crippen LogP contribution in [0.4, 0.5) is 0 Å². The molecule has 1 aliphatic carbocycles. The summed E-state index contributed by atoms with van der Waals surface area (Å²) >= 11 is 4.47. The molecule has 0 aromatic carbocycles. The van der Waals surface area contributed by atoms with Crippen LogP contribution in [0.15, 0.2) is 0 Å². The second kappa shape index (κ2) is 8.06. The highest BCUT2D eigenvalue weighted by molar-refractivity contribution is 8.07. The molecule has 0 aromatic heterocycles. The van der Waals surface area contributed by atoms with Crippen molar-refractivity contribution in [2.75, 3.05) is 18.1 Å². The van der Waals surface area contributed by atoms with E-state index in [1.165, 1.54) is 56.6 Å². The smallest absolute Gasteiger partial charge is 0.0320 e. The Balaban J connectivity index is 1.90. The molecule has 2 aliphatic rings. The highest BCUT2D eigenvalue weighted by Crippen LogP contribution is 2.39.